The first-order chi connectivity index (χ1) is 13.8. The quantitative estimate of drug-likeness (QED) is 0.546. The van der Waals surface area contributed by atoms with Gasteiger partial charge < -0.3 is 15.4 Å². The van der Waals surface area contributed by atoms with E-state index in [1.807, 2.05) is 11.6 Å². The van der Waals surface area contributed by atoms with E-state index < -0.39 is 11.9 Å². The zero-order valence-corrected chi connectivity index (χ0v) is 16.6. The van der Waals surface area contributed by atoms with E-state index in [4.69, 9.17) is 4.74 Å². The van der Waals surface area contributed by atoms with Gasteiger partial charge in [-0.05, 0) is 13.3 Å². The van der Waals surface area contributed by atoms with Gasteiger partial charge in [0.15, 0.2) is 17.5 Å². The van der Waals surface area contributed by atoms with E-state index in [-0.39, 0.29) is 18.2 Å². The lowest BCUT2D eigenvalue weighted by Gasteiger charge is -2.25. The molecule has 0 amide bonds. The molecule has 1 aliphatic heterocycles. The summed E-state index contributed by atoms with van der Waals surface area (Å²) in [5.41, 5.74) is -0.876. The van der Waals surface area contributed by atoms with E-state index in [1.165, 1.54) is 13.2 Å². The van der Waals surface area contributed by atoms with E-state index in [9.17, 15) is 13.2 Å². The fourth-order valence-corrected chi connectivity index (χ4v) is 3.24. The second-order valence-electron chi connectivity index (χ2n) is 6.81. The van der Waals surface area contributed by atoms with Gasteiger partial charge in [0.2, 0.25) is 0 Å². The van der Waals surface area contributed by atoms with Crippen molar-refractivity contribution in [2.45, 2.75) is 51.7 Å². The lowest BCUT2D eigenvalue weighted by molar-refractivity contribution is -0.142. The highest BCUT2D eigenvalue weighted by Crippen LogP contribution is 2.30. The number of hydrogen-bond donors (Lipinski definition) is 2. The summed E-state index contributed by atoms with van der Waals surface area (Å²) in [4.78, 5) is 8.77. The van der Waals surface area contributed by atoms with Crippen molar-refractivity contribution in [2.24, 2.45) is 12.0 Å². The van der Waals surface area contributed by atoms with E-state index >= 15 is 0 Å². The highest BCUT2D eigenvalue weighted by atomic mass is 19.4. The van der Waals surface area contributed by atoms with Gasteiger partial charge in [0, 0.05) is 44.9 Å². The Bertz CT molecular complexity index is 857. The number of methoxy groups -OCH3 is 1. The van der Waals surface area contributed by atoms with Crippen LogP contribution in [0.2, 0.25) is 0 Å². The van der Waals surface area contributed by atoms with Gasteiger partial charge in [0.25, 0.3) is 0 Å². The fraction of sp³-hybridized carbons (Fsp3) is 0.647. The monoisotopic (exact) mass is 414 g/mol. The summed E-state index contributed by atoms with van der Waals surface area (Å²) < 4.78 is 47.4. The number of nitrogens with one attached hydrogen (secondary N) is 2. The molecule has 1 aliphatic rings. The highest BCUT2D eigenvalue weighted by Gasteiger charge is 2.36. The Kier molecular flexibility index (Phi) is 6.40. The molecule has 2 N–H and O–H groups in total. The Hall–Kier alpha value is -2.63. The maximum absolute atomic E-state index is 13.1. The molecule has 0 radical (unpaired) electrons. The summed E-state index contributed by atoms with van der Waals surface area (Å²) in [5.74, 6) is 2.00. The maximum atomic E-state index is 13.1. The molecule has 2 aromatic heterocycles. The number of guanidine groups is 1. The van der Waals surface area contributed by atoms with Crippen LogP contribution >= 0.6 is 0 Å². The summed E-state index contributed by atoms with van der Waals surface area (Å²) in [5, 5.41) is 14.3. The molecule has 2 aromatic rings. The molecule has 29 heavy (non-hydrogen) atoms. The fourth-order valence-electron chi connectivity index (χ4n) is 3.24. The number of ether oxygens (including phenoxy) is 1. The molecule has 3 rings (SSSR count). The van der Waals surface area contributed by atoms with Gasteiger partial charge in [-0.15, -0.1) is 0 Å². The summed E-state index contributed by atoms with van der Waals surface area (Å²) in [7, 11) is 3.05. The molecular formula is C17H25F3N8O. The number of fused-ring (bicyclic) bond motifs is 1. The smallest absolute Gasteiger partial charge is 0.377 e. The number of aryl methyl sites for hydroxylation is 2. The van der Waals surface area contributed by atoms with E-state index in [0.29, 0.717) is 31.5 Å². The molecule has 0 aliphatic carbocycles. The zero-order valence-electron chi connectivity index (χ0n) is 16.6. The van der Waals surface area contributed by atoms with Crippen LogP contribution in [0.25, 0.3) is 0 Å². The van der Waals surface area contributed by atoms with E-state index in [1.54, 1.807) is 7.11 Å². The minimum Gasteiger partial charge on any atom is -0.377 e. The van der Waals surface area contributed by atoms with Crippen LogP contribution in [-0.2, 0) is 44.1 Å². The molecule has 160 valence electrons. The average molecular weight is 414 g/mol. The van der Waals surface area contributed by atoms with Gasteiger partial charge >= 0.3 is 6.18 Å². The Balaban J connectivity index is 1.69. The first kappa shape index (κ1) is 21.1. The minimum atomic E-state index is -4.51. The van der Waals surface area contributed by atoms with Crippen LogP contribution in [0.1, 0.15) is 36.3 Å². The molecule has 1 atom stereocenters. The van der Waals surface area contributed by atoms with Crippen molar-refractivity contribution >= 4 is 5.96 Å². The molecule has 0 saturated carbocycles. The maximum Gasteiger partial charge on any atom is 0.435 e. The normalized spacial score (nSPS) is 17.3. The largest absolute Gasteiger partial charge is 0.435 e. The topological polar surface area (TPSA) is 94.2 Å². The van der Waals surface area contributed by atoms with E-state index in [2.05, 4.69) is 30.8 Å². The highest BCUT2D eigenvalue weighted by molar-refractivity contribution is 5.80. The summed E-state index contributed by atoms with van der Waals surface area (Å²) >= 11 is 0. The number of aliphatic imine (C=N–C) groups is 1. The number of aromatic nitrogens is 5. The van der Waals surface area contributed by atoms with Gasteiger partial charge in [-0.3, -0.25) is 4.68 Å². The number of alkyl halides is 3. The van der Waals surface area contributed by atoms with Gasteiger partial charge in [-0.1, -0.05) is 0 Å². The SMILES string of the molecule is CCNC(=NCc1cn(C)nc1C(F)(F)F)NC1CCc2nc(COC)nn2C1. The molecule has 0 aromatic carbocycles. The van der Waals surface area contributed by atoms with Crippen LogP contribution in [0.5, 0.6) is 0 Å². The molecule has 9 nitrogen and oxygen atoms in total. The minimum absolute atomic E-state index is 0.0311. The van der Waals surface area contributed by atoms with Crippen LogP contribution in [0.4, 0.5) is 13.2 Å². The standard InChI is InChI=1S/C17H25F3N8O/c1-4-21-16(22-7-11-8-27(2)26-15(11)17(18,19)20)23-12-5-6-14-24-13(10-29-3)25-28(14)9-12/h8,12H,4-7,9-10H2,1-3H3,(H2,21,22,23). The Morgan fingerprint density at radius 1 is 1.38 bits per heavy atom. The van der Waals surface area contributed by atoms with E-state index in [0.717, 1.165) is 23.3 Å². The van der Waals surface area contributed by atoms with Crippen molar-refractivity contribution in [3.05, 3.63) is 29.1 Å². The molecule has 0 spiro atoms. The van der Waals surface area contributed by atoms with Crippen molar-refractivity contribution in [1.82, 2.24) is 35.2 Å². The number of halogens is 3. The van der Waals surface area contributed by atoms with Gasteiger partial charge in [0.05, 0.1) is 13.1 Å². The number of hydrogen-bond acceptors (Lipinski definition) is 5. The van der Waals surface area contributed by atoms with Crippen LogP contribution < -0.4 is 10.6 Å². The van der Waals surface area contributed by atoms with Crippen LogP contribution in [0.3, 0.4) is 0 Å². The molecule has 0 bridgehead atoms. The third-order valence-corrected chi connectivity index (χ3v) is 4.44. The second-order valence-corrected chi connectivity index (χ2v) is 6.81. The Morgan fingerprint density at radius 2 is 2.17 bits per heavy atom. The van der Waals surface area contributed by atoms with Crippen molar-refractivity contribution in [3.63, 3.8) is 0 Å². The molecule has 1 unspecified atom stereocenters. The third kappa shape index (κ3) is 5.25. The van der Waals surface area contributed by atoms with Crippen LogP contribution in [0, 0.1) is 0 Å². The van der Waals surface area contributed by atoms with Gasteiger partial charge in [-0.2, -0.15) is 23.4 Å². The molecule has 0 saturated heterocycles. The third-order valence-electron chi connectivity index (χ3n) is 4.44. The zero-order chi connectivity index (χ0) is 21.0. The van der Waals surface area contributed by atoms with Crippen LogP contribution in [0.15, 0.2) is 11.2 Å². The lowest BCUT2D eigenvalue weighted by Crippen LogP contribution is -2.47. The predicted molar refractivity (Wildman–Crippen MR) is 99.0 cm³/mol. The first-order valence-electron chi connectivity index (χ1n) is 9.36. The second kappa shape index (κ2) is 8.80. The lowest BCUT2D eigenvalue weighted by atomic mass is 10.1. The predicted octanol–water partition coefficient (Wildman–Crippen LogP) is 1.25. The molecule has 0 fully saturated rings. The Morgan fingerprint density at radius 3 is 2.86 bits per heavy atom. The summed E-state index contributed by atoms with van der Waals surface area (Å²) in [6.45, 7) is 3.31. The number of rotatable bonds is 6. The van der Waals surface area contributed by atoms with Crippen molar-refractivity contribution < 1.29 is 17.9 Å². The van der Waals surface area contributed by atoms with Gasteiger partial charge in [0.1, 0.15) is 12.4 Å². The first-order valence-corrected chi connectivity index (χ1v) is 9.36. The van der Waals surface area contributed by atoms with Crippen molar-refractivity contribution in [3.8, 4) is 0 Å². The molecule has 3 heterocycles. The molecular weight excluding hydrogens is 389 g/mol. The van der Waals surface area contributed by atoms with Gasteiger partial charge in [-0.25, -0.2) is 14.7 Å². The van der Waals surface area contributed by atoms with Crippen LogP contribution in [-0.4, -0.2) is 50.2 Å². The summed E-state index contributed by atoms with van der Waals surface area (Å²) in [6.07, 6.45) is -1.61. The summed E-state index contributed by atoms with van der Waals surface area (Å²) in [6, 6.07) is 0.0355. The molecule has 12 heteroatoms. The van der Waals surface area contributed by atoms with Crippen molar-refractivity contribution in [1.29, 1.82) is 0 Å². The average Bonchev–Trinajstić information content (AvgIpc) is 3.22. The van der Waals surface area contributed by atoms with Crippen molar-refractivity contribution in [2.75, 3.05) is 13.7 Å². The Labute approximate surface area is 166 Å². The number of nitrogens with zero attached hydrogens (tertiary/aromatic N) is 6.